The minimum atomic E-state index is -0.0404. The van der Waals surface area contributed by atoms with Crippen LogP contribution in [-0.2, 0) is 4.74 Å². The maximum atomic E-state index is 13.0. The smallest absolute Gasteiger partial charge is 0.200 e. The average Bonchev–Trinajstić information content (AvgIpc) is 2.58. The van der Waals surface area contributed by atoms with Gasteiger partial charge in [0.05, 0.1) is 18.2 Å². The number of benzene rings is 2. The van der Waals surface area contributed by atoms with E-state index in [1.807, 2.05) is 32.2 Å². The van der Waals surface area contributed by atoms with Crippen LogP contribution in [-0.4, -0.2) is 11.7 Å². The normalized spacial score (nSPS) is 10.8. The molecule has 0 saturated carbocycles. The van der Waals surface area contributed by atoms with Crippen molar-refractivity contribution in [3.05, 3.63) is 81.7 Å². The van der Waals surface area contributed by atoms with Crippen LogP contribution in [0.3, 0.4) is 0 Å². The van der Waals surface area contributed by atoms with E-state index >= 15 is 0 Å². The van der Waals surface area contributed by atoms with Crippen LogP contribution in [0, 0.1) is 20.8 Å². The van der Waals surface area contributed by atoms with Crippen molar-refractivity contribution in [2.45, 2.75) is 20.8 Å². The van der Waals surface area contributed by atoms with E-state index in [1.54, 1.807) is 0 Å². The lowest BCUT2D eigenvalue weighted by molar-refractivity contribution is 0.371. The van der Waals surface area contributed by atoms with Crippen LogP contribution >= 0.6 is 0 Å². The standard InChI is InChI=1S/C21H21NO2/c1-13-6-10-17(11-7-13)22-12-18(16(4)24-5)21(23)19-14(2)8-9-15(3)20(19)22/h6-12H,4H2,1-3,5H3. The molecule has 3 heteroatoms. The van der Waals surface area contributed by atoms with Crippen molar-refractivity contribution in [3.63, 3.8) is 0 Å². The Morgan fingerprint density at radius 1 is 1.00 bits per heavy atom. The van der Waals surface area contributed by atoms with Gasteiger partial charge in [-0.2, -0.15) is 0 Å². The lowest BCUT2D eigenvalue weighted by Crippen LogP contribution is -2.16. The molecule has 0 fully saturated rings. The summed E-state index contributed by atoms with van der Waals surface area (Å²) in [5, 5.41) is 0.714. The first kappa shape index (κ1) is 16.1. The van der Waals surface area contributed by atoms with Crippen LogP contribution in [0.15, 0.2) is 54.0 Å². The number of hydrogen-bond donors (Lipinski definition) is 0. The number of rotatable bonds is 3. The van der Waals surface area contributed by atoms with Crippen LogP contribution in [0.5, 0.6) is 0 Å². The lowest BCUT2D eigenvalue weighted by Gasteiger charge is -2.17. The summed E-state index contributed by atoms with van der Waals surface area (Å²) in [6.07, 6.45) is 1.83. The molecule has 0 N–H and O–H groups in total. The minimum Gasteiger partial charge on any atom is -0.497 e. The summed E-state index contributed by atoms with van der Waals surface area (Å²) in [6.45, 7) is 9.92. The number of aryl methyl sites for hydroxylation is 3. The molecule has 2 aromatic carbocycles. The van der Waals surface area contributed by atoms with Gasteiger partial charge in [0.2, 0.25) is 5.43 Å². The Labute approximate surface area is 141 Å². The fraction of sp³-hybridized carbons (Fsp3) is 0.190. The van der Waals surface area contributed by atoms with Gasteiger partial charge in [0.1, 0.15) is 5.76 Å². The number of fused-ring (bicyclic) bond motifs is 1. The molecule has 0 unspecified atom stereocenters. The molecule has 3 rings (SSSR count). The third-order valence-corrected chi connectivity index (χ3v) is 4.42. The molecule has 0 amide bonds. The Hall–Kier alpha value is -2.81. The Morgan fingerprint density at radius 2 is 1.62 bits per heavy atom. The molecule has 0 aliphatic heterocycles. The molecule has 0 atom stereocenters. The number of ether oxygens (including phenoxy) is 1. The van der Waals surface area contributed by atoms with Crippen molar-refractivity contribution in [2.24, 2.45) is 0 Å². The van der Waals surface area contributed by atoms with Crippen LogP contribution in [0.25, 0.3) is 22.3 Å². The summed E-state index contributed by atoms with van der Waals surface area (Å²) >= 11 is 0. The van der Waals surface area contributed by atoms with Gasteiger partial charge in [0.15, 0.2) is 0 Å². The van der Waals surface area contributed by atoms with Gasteiger partial charge in [-0.3, -0.25) is 4.79 Å². The van der Waals surface area contributed by atoms with E-state index < -0.39 is 0 Å². The van der Waals surface area contributed by atoms with Crippen LogP contribution in [0.1, 0.15) is 22.3 Å². The largest absolute Gasteiger partial charge is 0.497 e. The summed E-state index contributed by atoms with van der Waals surface area (Å²) in [7, 11) is 1.53. The molecule has 1 heterocycles. The summed E-state index contributed by atoms with van der Waals surface area (Å²) in [5.74, 6) is 0.378. The molecule has 0 saturated heterocycles. The van der Waals surface area contributed by atoms with Gasteiger partial charge >= 0.3 is 0 Å². The number of methoxy groups -OCH3 is 1. The molecule has 24 heavy (non-hydrogen) atoms. The van der Waals surface area contributed by atoms with Crippen molar-refractivity contribution < 1.29 is 4.74 Å². The Bertz CT molecular complexity index is 995. The fourth-order valence-electron chi connectivity index (χ4n) is 3.00. The molecule has 0 aliphatic rings. The number of pyridine rings is 1. The highest BCUT2D eigenvalue weighted by Crippen LogP contribution is 2.25. The third kappa shape index (κ3) is 2.52. The highest BCUT2D eigenvalue weighted by Gasteiger charge is 2.16. The summed E-state index contributed by atoms with van der Waals surface area (Å²) < 4.78 is 7.29. The number of nitrogens with zero attached hydrogens (tertiary/aromatic N) is 1. The highest BCUT2D eigenvalue weighted by molar-refractivity contribution is 5.88. The monoisotopic (exact) mass is 319 g/mol. The predicted octanol–water partition coefficient (Wildman–Crippen LogP) is 4.53. The van der Waals surface area contributed by atoms with E-state index in [-0.39, 0.29) is 5.43 Å². The van der Waals surface area contributed by atoms with Gasteiger partial charge in [-0.25, -0.2) is 0 Å². The van der Waals surface area contributed by atoms with Crippen LogP contribution in [0.4, 0.5) is 0 Å². The Balaban J connectivity index is 2.49. The second-order valence-electron chi connectivity index (χ2n) is 6.13. The SMILES string of the molecule is C=C(OC)c1cn(-c2ccc(C)cc2)c2c(C)ccc(C)c2c1=O. The van der Waals surface area contributed by atoms with Gasteiger partial charge in [-0.05, 0) is 44.0 Å². The Kier molecular flexibility index (Phi) is 4.02. The zero-order valence-electron chi connectivity index (χ0n) is 14.5. The fourth-order valence-corrected chi connectivity index (χ4v) is 3.00. The van der Waals surface area contributed by atoms with Gasteiger partial charge in [0.25, 0.3) is 0 Å². The van der Waals surface area contributed by atoms with Crippen LogP contribution in [0.2, 0.25) is 0 Å². The second-order valence-corrected chi connectivity index (χ2v) is 6.13. The molecule has 0 bridgehead atoms. The topological polar surface area (TPSA) is 31.2 Å². The molecular weight excluding hydrogens is 298 g/mol. The van der Waals surface area contributed by atoms with E-state index in [4.69, 9.17) is 4.74 Å². The molecule has 3 aromatic rings. The maximum absolute atomic E-state index is 13.0. The van der Waals surface area contributed by atoms with E-state index in [0.717, 1.165) is 22.3 Å². The molecule has 0 spiro atoms. The quantitative estimate of drug-likeness (QED) is 0.664. The van der Waals surface area contributed by atoms with E-state index in [1.165, 1.54) is 12.7 Å². The summed E-state index contributed by atoms with van der Waals surface area (Å²) in [4.78, 5) is 13.0. The van der Waals surface area contributed by atoms with Gasteiger partial charge in [-0.15, -0.1) is 0 Å². The van der Waals surface area contributed by atoms with Crippen molar-refractivity contribution >= 4 is 16.7 Å². The van der Waals surface area contributed by atoms with E-state index in [2.05, 4.69) is 42.3 Å². The van der Waals surface area contributed by atoms with Gasteiger partial charge in [-0.1, -0.05) is 36.4 Å². The zero-order chi connectivity index (χ0) is 17.4. The first-order chi connectivity index (χ1) is 11.4. The zero-order valence-corrected chi connectivity index (χ0v) is 14.5. The molecule has 3 nitrogen and oxygen atoms in total. The lowest BCUT2D eigenvalue weighted by atomic mass is 10.0. The molecular formula is C21H21NO2. The summed E-state index contributed by atoms with van der Waals surface area (Å²) in [5.41, 5.74) is 5.58. The average molecular weight is 319 g/mol. The van der Waals surface area contributed by atoms with E-state index in [9.17, 15) is 4.79 Å². The van der Waals surface area contributed by atoms with Crippen molar-refractivity contribution in [3.8, 4) is 5.69 Å². The van der Waals surface area contributed by atoms with Crippen molar-refractivity contribution in [1.29, 1.82) is 0 Å². The molecule has 122 valence electrons. The van der Waals surface area contributed by atoms with Crippen LogP contribution < -0.4 is 5.43 Å². The number of hydrogen-bond acceptors (Lipinski definition) is 2. The first-order valence-corrected chi connectivity index (χ1v) is 7.90. The third-order valence-electron chi connectivity index (χ3n) is 4.42. The van der Waals surface area contributed by atoms with Crippen molar-refractivity contribution in [1.82, 2.24) is 4.57 Å². The highest BCUT2D eigenvalue weighted by atomic mass is 16.5. The first-order valence-electron chi connectivity index (χ1n) is 7.90. The van der Waals surface area contributed by atoms with Gasteiger partial charge < -0.3 is 9.30 Å². The predicted molar refractivity (Wildman–Crippen MR) is 99.8 cm³/mol. The van der Waals surface area contributed by atoms with Gasteiger partial charge in [0, 0.05) is 17.3 Å². The summed E-state index contributed by atoms with van der Waals surface area (Å²) in [6, 6.07) is 12.3. The van der Waals surface area contributed by atoms with Crippen molar-refractivity contribution in [2.75, 3.05) is 7.11 Å². The molecule has 0 radical (unpaired) electrons. The van der Waals surface area contributed by atoms with E-state index in [0.29, 0.717) is 16.7 Å². The Morgan fingerprint density at radius 3 is 2.25 bits per heavy atom. The molecule has 0 aliphatic carbocycles. The minimum absolute atomic E-state index is 0.0404. The molecule has 1 aromatic heterocycles. The second kappa shape index (κ2) is 6.00. The number of aromatic nitrogens is 1. The maximum Gasteiger partial charge on any atom is 0.200 e.